The Morgan fingerprint density at radius 1 is 0.146 bits per heavy atom. The summed E-state index contributed by atoms with van der Waals surface area (Å²) in [6, 6.07) is 148. The average molecular weight is 2670 g/mol. The summed E-state index contributed by atoms with van der Waals surface area (Å²) in [5.74, 6) is 0. The topological polar surface area (TPSA) is 129 Å². The van der Waals surface area contributed by atoms with E-state index in [-0.39, 0.29) is 101 Å². The summed E-state index contributed by atoms with van der Waals surface area (Å²) in [4.78, 5) is 42.8. The first kappa shape index (κ1) is 113. The van der Waals surface area contributed by atoms with Gasteiger partial charge in [0.15, 0.2) is 0 Å². The molecule has 0 saturated carbocycles. The van der Waals surface area contributed by atoms with Crippen molar-refractivity contribution in [2.75, 3.05) is 0 Å². The summed E-state index contributed by atoms with van der Waals surface area (Å²) < 4.78 is 0. The van der Waals surface area contributed by atoms with Crippen LogP contribution in [0.3, 0.4) is 0 Å². The van der Waals surface area contributed by atoms with Gasteiger partial charge in [0.25, 0.3) is 0 Å². The molecule has 0 saturated heterocycles. The third-order valence-corrected chi connectivity index (χ3v) is 19.5. The Morgan fingerprint density at radius 3 is 0.496 bits per heavy atom. The zero-order valence-corrected chi connectivity index (χ0v) is 90.2. The SMILES string of the molecule is Cc1c[c-]c(-c2ccccn2)cc1.Cc1cc[c-]c(-c2ccccn2)c1.Cc1cc[c-]c(-c2ccccn2)c1.Cc1cc[c-]c(-c2ccccn2)c1.Cc1cc[c-]c(-c2ccccn2)c1.Cc1cc[c-]c(-c2ccccn2)c1.Cc1cc[c-]c(-c2ccccn2)c1.Cc1ccc(-c2[c-]ccc(C)c2)nc1.Cc1ccc(-c2[c-]ccc(C)c2)nc1.Cc1ccc(-c2[c-]cccc2)nc1.[Ir].[Ir].[Ir].[Ir].[Pt+2]. The van der Waals surface area contributed by atoms with Crippen LogP contribution in [0.1, 0.15) is 66.8 Å². The van der Waals surface area contributed by atoms with E-state index in [2.05, 4.69) is 246 Å². The Morgan fingerprint density at radius 2 is 0.328 bits per heavy atom. The molecule has 10 aromatic heterocycles. The first-order valence-electron chi connectivity index (χ1n) is 43.4. The molecular weight excluding hydrogens is 2570 g/mol. The maximum Gasteiger partial charge on any atom is 2.00 e. The number of hydrogen-bond acceptors (Lipinski definition) is 10. The third-order valence-electron chi connectivity index (χ3n) is 19.5. The van der Waals surface area contributed by atoms with Gasteiger partial charge in [-0.3, -0.25) is 0 Å². The minimum Gasteiger partial charge on any atom is -0.305 e. The fourth-order valence-electron chi connectivity index (χ4n) is 12.6. The maximum atomic E-state index is 4.36. The van der Waals surface area contributed by atoms with Gasteiger partial charge in [-0.05, 0) is 137 Å². The largest absolute Gasteiger partial charge is 2.00 e. The molecular formula is C122H104Ir4N10Pt-8. The molecule has 10 aromatic carbocycles. The quantitative estimate of drug-likeness (QED) is 0.122. The van der Waals surface area contributed by atoms with Crippen molar-refractivity contribution in [2.45, 2.75) is 83.1 Å². The molecule has 0 fully saturated rings. The summed E-state index contributed by atoms with van der Waals surface area (Å²) in [6.45, 7) is 24.7. The zero-order valence-electron chi connectivity index (χ0n) is 78.4. The molecule has 696 valence electrons. The van der Waals surface area contributed by atoms with E-state index in [4.69, 9.17) is 0 Å². The van der Waals surface area contributed by atoms with Crippen molar-refractivity contribution in [3.63, 3.8) is 0 Å². The number of aryl methyl sites for hydroxylation is 12. The van der Waals surface area contributed by atoms with Crippen molar-refractivity contribution >= 4 is 0 Å². The second-order valence-corrected chi connectivity index (χ2v) is 31.0. The van der Waals surface area contributed by atoms with Crippen molar-refractivity contribution in [3.8, 4) is 113 Å². The summed E-state index contributed by atoms with van der Waals surface area (Å²) in [5.41, 5.74) is 35.0. The number of benzene rings is 10. The molecule has 0 bridgehead atoms. The molecule has 15 heteroatoms. The predicted molar refractivity (Wildman–Crippen MR) is 542 cm³/mol. The van der Waals surface area contributed by atoms with E-state index in [1.165, 1.54) is 66.8 Å². The molecule has 0 atom stereocenters. The molecule has 0 aliphatic carbocycles. The van der Waals surface area contributed by atoms with Gasteiger partial charge in [-0.2, -0.15) is 0 Å². The van der Waals surface area contributed by atoms with Gasteiger partial charge in [0.2, 0.25) is 0 Å². The Kier molecular flexibility index (Phi) is 51.5. The summed E-state index contributed by atoms with van der Waals surface area (Å²) in [5, 5.41) is 0. The molecule has 4 radical (unpaired) electrons. The molecule has 10 nitrogen and oxygen atoms in total. The molecule has 0 amide bonds. The Hall–Kier alpha value is -13.0. The van der Waals surface area contributed by atoms with Crippen molar-refractivity contribution in [2.24, 2.45) is 0 Å². The molecule has 0 aliphatic rings. The predicted octanol–water partition coefficient (Wildman–Crippen LogP) is 29.2. The molecule has 20 rings (SSSR count). The minimum absolute atomic E-state index is 0. The van der Waals surface area contributed by atoms with Gasteiger partial charge >= 0.3 is 21.1 Å². The normalized spacial score (nSPS) is 9.61. The Labute approximate surface area is 879 Å². The fourth-order valence-corrected chi connectivity index (χ4v) is 12.6. The summed E-state index contributed by atoms with van der Waals surface area (Å²) in [6.07, 6.45) is 18.2. The van der Waals surface area contributed by atoms with Gasteiger partial charge in [0.05, 0.1) is 0 Å². The van der Waals surface area contributed by atoms with Gasteiger partial charge in [-0.15, -0.1) is 354 Å². The minimum atomic E-state index is 0. The van der Waals surface area contributed by atoms with Gasteiger partial charge < -0.3 is 49.8 Å². The second-order valence-electron chi connectivity index (χ2n) is 31.0. The van der Waals surface area contributed by atoms with Crippen LogP contribution in [0.15, 0.2) is 414 Å². The van der Waals surface area contributed by atoms with Crippen molar-refractivity contribution < 1.29 is 101 Å². The third kappa shape index (κ3) is 40.4. The number of hydrogen-bond donors (Lipinski definition) is 0. The van der Waals surface area contributed by atoms with E-state index in [1.54, 1.807) is 43.4 Å². The molecule has 0 unspecified atom stereocenters. The standard InChI is InChI=1S/2C13H12N.8C12H10N.4Ir.Pt/c2*1-10-4-3-5-12(8-10)13-7-6-11(2)9-14-13;6*1-10-5-4-6-11(9-10)12-7-2-3-8-13-12;1-10-5-7-11(8-6-10)12-4-2-3-9-13-12;1-10-7-8-12(13-9-10)11-5-3-2-4-6-11;;;;;/h2*3-4,6-9H,1-2H3;6*2-5,7-9H,1H3;2-7,9H,1H3;2-5,7-9H,1H3;;;;;/q10*-1;;;;;+2. The molecule has 0 spiro atoms. The zero-order chi connectivity index (χ0) is 92.7. The van der Waals surface area contributed by atoms with Crippen LogP contribution in [0.4, 0.5) is 0 Å². The molecule has 137 heavy (non-hydrogen) atoms. The first-order valence-corrected chi connectivity index (χ1v) is 43.4. The van der Waals surface area contributed by atoms with Crippen LogP contribution in [-0.2, 0) is 101 Å². The van der Waals surface area contributed by atoms with Crippen LogP contribution in [-0.4, -0.2) is 49.8 Å². The fraction of sp³-hybridized carbons (Fsp3) is 0.0984. The Balaban J connectivity index is 0.000000233. The van der Waals surface area contributed by atoms with E-state index >= 15 is 0 Å². The van der Waals surface area contributed by atoms with Crippen LogP contribution < -0.4 is 0 Å². The van der Waals surface area contributed by atoms with E-state index in [9.17, 15) is 0 Å². The van der Waals surface area contributed by atoms with Crippen LogP contribution in [0, 0.1) is 144 Å². The van der Waals surface area contributed by atoms with Crippen molar-refractivity contribution in [3.05, 3.63) is 541 Å². The van der Waals surface area contributed by atoms with E-state index < -0.39 is 0 Å². The van der Waals surface area contributed by atoms with E-state index in [1.807, 2.05) is 318 Å². The first-order chi connectivity index (χ1) is 64.4. The van der Waals surface area contributed by atoms with Crippen molar-refractivity contribution in [1.29, 1.82) is 0 Å². The van der Waals surface area contributed by atoms with Crippen LogP contribution in [0.25, 0.3) is 113 Å². The molecule has 20 aromatic rings. The number of pyridine rings is 10. The average Bonchev–Trinajstić information content (AvgIpc) is 0.857. The second kappa shape index (κ2) is 62.6. The summed E-state index contributed by atoms with van der Waals surface area (Å²) >= 11 is 0. The van der Waals surface area contributed by atoms with E-state index in [0.29, 0.717) is 0 Å². The number of rotatable bonds is 10. The van der Waals surface area contributed by atoms with Crippen molar-refractivity contribution in [1.82, 2.24) is 49.8 Å². The van der Waals surface area contributed by atoms with E-state index in [0.717, 1.165) is 113 Å². The molecule has 0 aliphatic heterocycles. The summed E-state index contributed by atoms with van der Waals surface area (Å²) in [7, 11) is 0. The van der Waals surface area contributed by atoms with Crippen LogP contribution >= 0.6 is 0 Å². The molecule has 10 heterocycles. The van der Waals surface area contributed by atoms with Crippen LogP contribution in [0.5, 0.6) is 0 Å². The van der Waals surface area contributed by atoms with Gasteiger partial charge in [-0.25, -0.2) is 0 Å². The van der Waals surface area contributed by atoms with Gasteiger partial charge in [0.1, 0.15) is 0 Å². The molecule has 0 N–H and O–H groups in total. The Bertz CT molecular complexity index is 5940. The van der Waals surface area contributed by atoms with Gasteiger partial charge in [0, 0.05) is 142 Å². The van der Waals surface area contributed by atoms with Gasteiger partial charge in [-0.1, -0.05) is 184 Å². The van der Waals surface area contributed by atoms with Crippen LogP contribution in [0.2, 0.25) is 0 Å². The number of nitrogens with zero attached hydrogens (tertiary/aromatic N) is 10. The smallest absolute Gasteiger partial charge is 0.305 e. The maximum absolute atomic E-state index is 4.36. The number of aromatic nitrogens is 10. The monoisotopic (exact) mass is 2680 g/mol.